The van der Waals surface area contributed by atoms with E-state index in [1.54, 1.807) is 67.3 Å². The molecule has 11 aromatic heterocycles. The van der Waals surface area contributed by atoms with Crippen molar-refractivity contribution >= 4 is 22.2 Å². The topological polar surface area (TPSA) is 212 Å². The van der Waals surface area contributed by atoms with Gasteiger partial charge in [-0.25, -0.2) is 39.3 Å². The molecule has 1 aliphatic carbocycles. The van der Waals surface area contributed by atoms with Crippen molar-refractivity contribution in [2.75, 3.05) is 0 Å². The van der Waals surface area contributed by atoms with Gasteiger partial charge in [-0.3, -0.25) is 9.97 Å². The van der Waals surface area contributed by atoms with Crippen LogP contribution in [0.2, 0.25) is 0 Å². The Bertz CT molecular complexity index is 4590. The van der Waals surface area contributed by atoms with Crippen LogP contribution in [0.3, 0.4) is 0 Å². The molecule has 13 rings (SSSR count). The molecule has 20 heteroatoms. The predicted octanol–water partition coefficient (Wildman–Crippen LogP) is 14.1. The van der Waals surface area contributed by atoms with E-state index in [-0.39, 0.29) is 23.0 Å². The fourth-order valence-corrected chi connectivity index (χ4v) is 11.1. The Labute approximate surface area is 477 Å². The van der Waals surface area contributed by atoms with Crippen LogP contribution in [0.4, 0.5) is 17.6 Å². The lowest BCUT2D eigenvalue weighted by atomic mass is 9.79. The number of hydrogen-bond donors (Lipinski definition) is 0. The zero-order valence-corrected chi connectivity index (χ0v) is 45.6. The zero-order valence-electron chi connectivity index (χ0n) is 45.6. The molecule has 0 aliphatic heterocycles. The van der Waals surface area contributed by atoms with Crippen LogP contribution < -0.4 is 0 Å². The number of fused-ring (bicyclic) bond motifs is 3. The quantitative estimate of drug-likeness (QED) is 0.0824. The van der Waals surface area contributed by atoms with Crippen molar-refractivity contribution in [1.29, 1.82) is 10.5 Å². The summed E-state index contributed by atoms with van der Waals surface area (Å²) in [5.41, 5.74) is 5.33. The fraction of sp³-hybridized carbons (Fsp3) is 0.234. The van der Waals surface area contributed by atoms with Gasteiger partial charge in [0.05, 0.1) is 52.8 Å². The summed E-state index contributed by atoms with van der Waals surface area (Å²) in [4.78, 5) is 40.9. The number of hydrogen-bond acceptors (Lipinski definition) is 14. The first-order valence-electron chi connectivity index (χ1n) is 27.2. The Hall–Kier alpha value is -10.2. The molecule has 0 radical (unpaired) electrons. The average molecular weight is 1120 g/mol. The maximum Gasteiger partial charge on any atom is 0.395 e. The summed E-state index contributed by atoms with van der Waals surface area (Å²) >= 11 is 0. The third-order valence-corrected chi connectivity index (χ3v) is 15.8. The molecule has 0 bridgehead atoms. The molecule has 12 aromatic rings. The SMILES string of the molecule is CC(C)(Cc1ncc(-c2cc(F)cnc2-c2ccn3ccnc3c2)o1)Cc1cnc2cc(-c3nc(C#N)ccc3-c3cnc(CC(C)(Cc4ccnc5cc(-c6nc(C#N)ccc6-c6cnc(CC7CCC7)o6)ccc45)C(F)(F)F)o3)ccn12. The summed E-state index contributed by atoms with van der Waals surface area (Å²) in [6, 6.07) is 26.3. The Kier molecular flexibility index (Phi) is 13.3. The standard InChI is InChI=1S/C64H49F4N13O3/c1-62(2,28-57-75-36-53(84-57)49-25-42(65)32-77-59(49)39-14-18-80-20-17-72-54(80)23-39)27-45-33-73-55-24-40(15-19-81(45)55)61-48(12-9-44(31-70)79-61)52-35-76-58(83-52)29-63(3,64(66,67)68)26-41-13-16-71-50-22-38(7-10-46(41)50)60-47(11-8-43(30-69)78-60)51-34-74-56(82-51)21-37-5-4-6-37/h7-20,22-25,32-37H,4-6,21,26-29H2,1-3H3. The lowest BCUT2D eigenvalue weighted by Crippen LogP contribution is -2.39. The number of rotatable bonds is 16. The second-order valence-corrected chi connectivity index (χ2v) is 22.4. The summed E-state index contributed by atoms with van der Waals surface area (Å²) in [6.45, 7) is 5.32. The number of oxazole rings is 3. The second kappa shape index (κ2) is 21.0. The van der Waals surface area contributed by atoms with E-state index in [1.807, 2.05) is 51.7 Å². The molecule has 1 fully saturated rings. The van der Waals surface area contributed by atoms with Crippen LogP contribution in [0.25, 0.3) is 89.9 Å². The fourth-order valence-electron chi connectivity index (χ4n) is 11.1. The van der Waals surface area contributed by atoms with Gasteiger partial charge >= 0.3 is 6.18 Å². The Balaban J connectivity index is 0.731. The molecule has 1 saturated carbocycles. The number of nitrogens with zero attached hydrogens (tertiary/aromatic N) is 13. The third-order valence-electron chi connectivity index (χ3n) is 15.8. The monoisotopic (exact) mass is 1120 g/mol. The van der Waals surface area contributed by atoms with Crippen molar-refractivity contribution < 1.29 is 30.8 Å². The summed E-state index contributed by atoms with van der Waals surface area (Å²) in [6.07, 6.45) is 15.8. The van der Waals surface area contributed by atoms with Crippen LogP contribution in [0.1, 0.15) is 80.4 Å². The lowest BCUT2D eigenvalue weighted by molar-refractivity contribution is -0.218. The minimum Gasteiger partial charge on any atom is -0.441 e. The molecule has 11 heterocycles. The molecule has 1 unspecified atom stereocenters. The van der Waals surface area contributed by atoms with Gasteiger partial charge in [0.2, 0.25) is 0 Å². The van der Waals surface area contributed by atoms with E-state index in [9.17, 15) is 14.9 Å². The summed E-state index contributed by atoms with van der Waals surface area (Å²) in [5, 5.41) is 20.3. The van der Waals surface area contributed by atoms with Gasteiger partial charge in [0.15, 0.2) is 35.0 Å². The average Bonchev–Trinajstić information content (AvgIpc) is 2.17. The number of aromatic nitrogens is 11. The molecule has 1 aliphatic rings. The van der Waals surface area contributed by atoms with Crippen LogP contribution in [-0.4, -0.2) is 59.8 Å². The molecule has 1 aromatic carbocycles. The zero-order chi connectivity index (χ0) is 57.9. The smallest absolute Gasteiger partial charge is 0.395 e. The highest BCUT2D eigenvalue weighted by Gasteiger charge is 2.52. The molecule has 416 valence electrons. The summed E-state index contributed by atoms with van der Waals surface area (Å²) in [7, 11) is 0. The van der Waals surface area contributed by atoms with Crippen molar-refractivity contribution in [1.82, 2.24) is 53.7 Å². The molecule has 0 saturated heterocycles. The Morgan fingerprint density at radius 1 is 0.571 bits per heavy atom. The molecule has 0 spiro atoms. The van der Waals surface area contributed by atoms with Gasteiger partial charge in [-0.15, -0.1) is 0 Å². The van der Waals surface area contributed by atoms with Crippen molar-refractivity contribution in [2.24, 2.45) is 16.7 Å². The van der Waals surface area contributed by atoms with E-state index >= 15 is 13.2 Å². The van der Waals surface area contributed by atoms with Crippen LogP contribution in [0.15, 0.2) is 154 Å². The number of nitriles is 2. The van der Waals surface area contributed by atoms with Gasteiger partial charge in [-0.1, -0.05) is 39.3 Å². The van der Waals surface area contributed by atoms with Crippen molar-refractivity contribution in [3.8, 4) is 79.9 Å². The number of benzene rings is 1. The van der Waals surface area contributed by atoms with Crippen molar-refractivity contribution in [2.45, 2.75) is 78.3 Å². The summed E-state index contributed by atoms with van der Waals surface area (Å²) in [5.74, 6) is 2.02. The van der Waals surface area contributed by atoms with E-state index < -0.39 is 35.7 Å². The van der Waals surface area contributed by atoms with Gasteiger partial charge in [-0.05, 0) is 109 Å². The van der Waals surface area contributed by atoms with Crippen molar-refractivity contribution in [3.63, 3.8) is 0 Å². The molecule has 0 N–H and O–H groups in total. The van der Waals surface area contributed by atoms with Crippen molar-refractivity contribution in [3.05, 3.63) is 187 Å². The first-order valence-corrected chi connectivity index (χ1v) is 27.2. The van der Waals surface area contributed by atoms with Crippen LogP contribution in [0, 0.1) is 45.2 Å². The van der Waals surface area contributed by atoms with Crippen LogP contribution in [0.5, 0.6) is 0 Å². The van der Waals surface area contributed by atoms with E-state index in [1.165, 1.54) is 37.1 Å². The maximum absolute atomic E-state index is 15.5. The number of halogens is 4. The Morgan fingerprint density at radius 2 is 1.21 bits per heavy atom. The minimum absolute atomic E-state index is 0.117. The first kappa shape index (κ1) is 53.1. The maximum atomic E-state index is 15.5. The minimum atomic E-state index is -4.71. The molecule has 1 atom stereocenters. The highest BCUT2D eigenvalue weighted by molar-refractivity contribution is 5.89. The number of imidazole rings is 2. The second-order valence-electron chi connectivity index (χ2n) is 22.4. The highest BCUT2D eigenvalue weighted by atomic mass is 19.4. The lowest BCUT2D eigenvalue weighted by Gasteiger charge is -2.31. The number of alkyl halides is 3. The third kappa shape index (κ3) is 10.3. The van der Waals surface area contributed by atoms with Crippen LogP contribution >= 0.6 is 0 Å². The van der Waals surface area contributed by atoms with Gasteiger partial charge in [-0.2, -0.15) is 23.7 Å². The predicted molar refractivity (Wildman–Crippen MR) is 302 cm³/mol. The van der Waals surface area contributed by atoms with E-state index in [4.69, 9.17) is 18.2 Å². The normalized spacial score (nSPS) is 13.8. The van der Waals surface area contributed by atoms with Crippen LogP contribution in [-0.2, 0) is 32.1 Å². The van der Waals surface area contributed by atoms with E-state index in [0.29, 0.717) is 109 Å². The molecule has 0 amide bonds. The molecule has 16 nitrogen and oxygen atoms in total. The summed E-state index contributed by atoms with van der Waals surface area (Å²) < 4.78 is 83.7. The highest BCUT2D eigenvalue weighted by Crippen LogP contribution is 2.46. The van der Waals surface area contributed by atoms with E-state index in [0.717, 1.165) is 43.1 Å². The first-order chi connectivity index (χ1) is 40.6. The largest absolute Gasteiger partial charge is 0.441 e. The molecular formula is C64H49F4N13O3. The van der Waals surface area contributed by atoms with E-state index in [2.05, 4.69) is 65.9 Å². The number of pyridine rings is 6. The molecule has 84 heavy (non-hydrogen) atoms. The van der Waals surface area contributed by atoms with Gasteiger partial charge < -0.3 is 22.1 Å². The van der Waals surface area contributed by atoms with Gasteiger partial charge in [0.1, 0.15) is 40.6 Å². The van der Waals surface area contributed by atoms with Gasteiger partial charge in [0.25, 0.3) is 0 Å². The molecular weight excluding hydrogens is 1070 g/mol. The van der Waals surface area contributed by atoms with Gasteiger partial charge in [0, 0.05) is 101 Å². The Morgan fingerprint density at radius 3 is 1.90 bits per heavy atom.